The first-order chi connectivity index (χ1) is 10.5. The molecule has 0 aliphatic rings. The number of nitrogens with zero attached hydrogens (tertiary/aromatic N) is 2. The molecular formula is C17H25N3O2S. The predicted molar refractivity (Wildman–Crippen MR) is 93.3 cm³/mol. The first kappa shape index (κ1) is 17.5. The third kappa shape index (κ3) is 3.93. The van der Waals surface area contributed by atoms with Crippen LogP contribution in [0.4, 0.5) is 5.69 Å². The van der Waals surface area contributed by atoms with Crippen molar-refractivity contribution >= 4 is 15.7 Å². The summed E-state index contributed by atoms with van der Waals surface area (Å²) in [6.45, 7) is 11.8. The molecule has 126 valence electrons. The lowest BCUT2D eigenvalue weighted by Gasteiger charge is -2.18. The Morgan fingerprint density at radius 3 is 2.17 bits per heavy atom. The van der Waals surface area contributed by atoms with E-state index in [2.05, 4.69) is 9.82 Å². The molecule has 0 bridgehead atoms. The molecule has 1 aromatic heterocycles. The summed E-state index contributed by atoms with van der Waals surface area (Å²) in [4.78, 5) is 0.235. The van der Waals surface area contributed by atoms with Crippen molar-refractivity contribution in [3.05, 3.63) is 41.7 Å². The zero-order valence-corrected chi connectivity index (χ0v) is 15.4. The molecule has 0 fully saturated rings. The monoisotopic (exact) mass is 335 g/mol. The molecule has 0 aliphatic heterocycles. The van der Waals surface area contributed by atoms with E-state index in [0.29, 0.717) is 11.4 Å². The van der Waals surface area contributed by atoms with Crippen LogP contribution < -0.4 is 4.72 Å². The minimum Gasteiger partial charge on any atom is -0.280 e. The van der Waals surface area contributed by atoms with Gasteiger partial charge in [0.1, 0.15) is 4.90 Å². The Morgan fingerprint density at radius 2 is 1.70 bits per heavy atom. The van der Waals surface area contributed by atoms with Crippen LogP contribution in [0.25, 0.3) is 0 Å². The molecule has 0 unspecified atom stereocenters. The predicted octanol–water partition coefficient (Wildman–Crippen LogP) is 3.87. The molecule has 1 heterocycles. The van der Waals surface area contributed by atoms with E-state index in [1.165, 1.54) is 0 Å². The summed E-state index contributed by atoms with van der Waals surface area (Å²) < 4.78 is 30.0. The molecule has 23 heavy (non-hydrogen) atoms. The van der Waals surface area contributed by atoms with Crippen LogP contribution in [0, 0.1) is 6.92 Å². The minimum absolute atomic E-state index is 0.0967. The number of hydrogen-bond donors (Lipinski definition) is 1. The van der Waals surface area contributed by atoms with Crippen LogP contribution in [0.5, 0.6) is 0 Å². The zero-order chi connectivity index (χ0) is 17.4. The van der Waals surface area contributed by atoms with Crippen LogP contribution in [0.1, 0.15) is 51.9 Å². The summed E-state index contributed by atoms with van der Waals surface area (Å²) in [5.41, 5.74) is 1.84. The Balaban J connectivity index is 2.48. The second-order valence-electron chi connectivity index (χ2n) is 7.14. The highest BCUT2D eigenvalue weighted by atomic mass is 32.2. The molecule has 6 heteroatoms. The largest absolute Gasteiger partial charge is 0.280 e. The number of rotatable bonds is 4. The lowest BCUT2D eigenvalue weighted by atomic mass is 9.92. The smallest absolute Gasteiger partial charge is 0.265 e. The Hall–Kier alpha value is -1.82. The van der Waals surface area contributed by atoms with E-state index in [4.69, 9.17) is 0 Å². The van der Waals surface area contributed by atoms with Crippen molar-refractivity contribution in [2.75, 3.05) is 4.72 Å². The van der Waals surface area contributed by atoms with E-state index in [1.807, 2.05) is 53.7 Å². The Labute approximate surface area is 138 Å². The van der Waals surface area contributed by atoms with Gasteiger partial charge in [-0.25, -0.2) is 8.42 Å². The van der Waals surface area contributed by atoms with Gasteiger partial charge >= 0.3 is 0 Å². The van der Waals surface area contributed by atoms with E-state index in [1.54, 1.807) is 23.0 Å². The Bertz CT molecular complexity index is 782. The highest BCUT2D eigenvalue weighted by molar-refractivity contribution is 7.92. The standard InChI is InChI=1S/C17H25N3O2S/c1-12(2)20-11-15(16(18-20)17(4,5)6)23(21,22)19-14-9-7-13(3)8-10-14/h7-12,19H,1-6H3. The fourth-order valence-corrected chi connectivity index (χ4v) is 3.59. The fraction of sp³-hybridized carbons (Fsp3) is 0.471. The van der Waals surface area contributed by atoms with Gasteiger partial charge in [0, 0.05) is 23.3 Å². The molecule has 0 saturated carbocycles. The normalized spacial score (nSPS) is 12.7. The van der Waals surface area contributed by atoms with Gasteiger partial charge in [-0.15, -0.1) is 0 Å². The second-order valence-corrected chi connectivity index (χ2v) is 8.79. The first-order valence-corrected chi connectivity index (χ1v) is 9.18. The van der Waals surface area contributed by atoms with Crippen molar-refractivity contribution in [2.24, 2.45) is 0 Å². The van der Waals surface area contributed by atoms with Crippen LogP contribution in [0.15, 0.2) is 35.4 Å². The minimum atomic E-state index is -3.69. The van der Waals surface area contributed by atoms with E-state index in [9.17, 15) is 8.42 Å². The van der Waals surface area contributed by atoms with Gasteiger partial charge < -0.3 is 0 Å². The van der Waals surface area contributed by atoms with Gasteiger partial charge in [-0.3, -0.25) is 9.40 Å². The van der Waals surface area contributed by atoms with E-state index in [-0.39, 0.29) is 16.4 Å². The summed E-state index contributed by atoms with van der Waals surface area (Å²) in [5.74, 6) is 0. The van der Waals surface area contributed by atoms with E-state index < -0.39 is 10.0 Å². The van der Waals surface area contributed by atoms with Gasteiger partial charge in [0.05, 0.1) is 5.69 Å². The van der Waals surface area contributed by atoms with Gasteiger partial charge in [0.25, 0.3) is 10.0 Å². The highest BCUT2D eigenvalue weighted by Crippen LogP contribution is 2.29. The highest BCUT2D eigenvalue weighted by Gasteiger charge is 2.30. The van der Waals surface area contributed by atoms with Crippen molar-refractivity contribution in [1.29, 1.82) is 0 Å². The van der Waals surface area contributed by atoms with Crippen molar-refractivity contribution in [1.82, 2.24) is 9.78 Å². The number of hydrogen-bond acceptors (Lipinski definition) is 3. The maximum Gasteiger partial charge on any atom is 0.265 e. The van der Waals surface area contributed by atoms with Gasteiger partial charge in [-0.2, -0.15) is 5.10 Å². The molecule has 1 N–H and O–H groups in total. The van der Waals surface area contributed by atoms with Crippen LogP contribution in [0.3, 0.4) is 0 Å². The maximum atomic E-state index is 12.8. The summed E-state index contributed by atoms with van der Waals surface area (Å²) in [7, 11) is -3.69. The number of sulfonamides is 1. The molecule has 0 atom stereocenters. The van der Waals surface area contributed by atoms with Crippen molar-refractivity contribution in [3.63, 3.8) is 0 Å². The van der Waals surface area contributed by atoms with Crippen molar-refractivity contribution in [2.45, 2.75) is 57.9 Å². The third-order valence-electron chi connectivity index (χ3n) is 3.53. The number of benzene rings is 1. The number of aryl methyl sites for hydroxylation is 1. The number of aromatic nitrogens is 2. The second kappa shape index (κ2) is 6.00. The van der Waals surface area contributed by atoms with Gasteiger partial charge in [0.15, 0.2) is 0 Å². The van der Waals surface area contributed by atoms with E-state index in [0.717, 1.165) is 5.56 Å². The van der Waals surface area contributed by atoms with E-state index >= 15 is 0 Å². The molecule has 0 spiro atoms. The molecule has 2 rings (SSSR count). The summed E-state index contributed by atoms with van der Waals surface area (Å²) in [6.07, 6.45) is 1.61. The van der Waals surface area contributed by atoms with Crippen molar-refractivity contribution in [3.8, 4) is 0 Å². The fourth-order valence-electron chi connectivity index (χ4n) is 2.19. The maximum absolute atomic E-state index is 12.8. The van der Waals surface area contributed by atoms with Crippen LogP contribution in [0.2, 0.25) is 0 Å². The molecule has 2 aromatic rings. The quantitative estimate of drug-likeness (QED) is 0.922. The molecule has 5 nitrogen and oxygen atoms in total. The summed E-state index contributed by atoms with van der Waals surface area (Å²) in [5, 5.41) is 4.50. The third-order valence-corrected chi connectivity index (χ3v) is 4.91. The van der Waals surface area contributed by atoms with Gasteiger partial charge in [-0.1, -0.05) is 38.5 Å². The summed E-state index contributed by atoms with van der Waals surface area (Å²) in [6, 6.07) is 7.37. The molecule has 1 aromatic carbocycles. The molecule has 0 amide bonds. The average molecular weight is 335 g/mol. The lowest BCUT2D eigenvalue weighted by molar-refractivity contribution is 0.493. The van der Waals surface area contributed by atoms with Gasteiger partial charge in [0.2, 0.25) is 0 Å². The van der Waals surface area contributed by atoms with Gasteiger partial charge in [-0.05, 0) is 32.9 Å². The summed E-state index contributed by atoms with van der Waals surface area (Å²) >= 11 is 0. The molecule has 0 saturated heterocycles. The Morgan fingerprint density at radius 1 is 1.13 bits per heavy atom. The molecule has 0 aliphatic carbocycles. The molecule has 0 radical (unpaired) electrons. The zero-order valence-electron chi connectivity index (χ0n) is 14.6. The lowest BCUT2D eigenvalue weighted by Crippen LogP contribution is -2.20. The average Bonchev–Trinajstić information content (AvgIpc) is 2.87. The van der Waals surface area contributed by atoms with Crippen LogP contribution in [-0.4, -0.2) is 18.2 Å². The molecular weight excluding hydrogens is 310 g/mol. The Kier molecular flexibility index (Phi) is 4.57. The van der Waals surface area contributed by atoms with Crippen molar-refractivity contribution < 1.29 is 8.42 Å². The number of anilines is 1. The SMILES string of the molecule is Cc1ccc(NS(=O)(=O)c2cn(C(C)C)nc2C(C)(C)C)cc1. The number of nitrogens with one attached hydrogen (secondary N) is 1. The first-order valence-electron chi connectivity index (χ1n) is 7.70. The van der Waals surface area contributed by atoms with Crippen LogP contribution in [-0.2, 0) is 15.4 Å². The topological polar surface area (TPSA) is 64.0 Å². The van der Waals surface area contributed by atoms with Crippen LogP contribution >= 0.6 is 0 Å².